The number of nitrogens with one attached hydrogen (secondary N) is 1. The third-order valence-corrected chi connectivity index (χ3v) is 6.60. The van der Waals surface area contributed by atoms with Gasteiger partial charge in [0.1, 0.15) is 12.4 Å². The molecule has 2 bridgehead atoms. The van der Waals surface area contributed by atoms with Gasteiger partial charge in [0, 0.05) is 43.8 Å². The molecule has 27 heavy (non-hydrogen) atoms. The Morgan fingerprint density at radius 3 is 3.07 bits per heavy atom. The number of anilines is 1. The monoisotopic (exact) mass is 373 g/mol. The molecule has 148 valence electrons. The Kier molecular flexibility index (Phi) is 5.12. The van der Waals surface area contributed by atoms with E-state index in [9.17, 15) is 4.79 Å². The van der Waals surface area contributed by atoms with Crippen LogP contribution < -0.4 is 10.2 Å². The second-order valence-corrected chi connectivity index (χ2v) is 8.14. The number of fused-ring (bicyclic) bond motifs is 1. The van der Waals surface area contributed by atoms with Gasteiger partial charge in [-0.2, -0.15) is 0 Å². The molecule has 1 N–H and O–H groups in total. The number of nitrogens with zero attached hydrogens (tertiary/aromatic N) is 2. The van der Waals surface area contributed by atoms with Crippen molar-refractivity contribution in [1.29, 1.82) is 0 Å². The normalized spacial score (nSPS) is 31.4. The summed E-state index contributed by atoms with van der Waals surface area (Å²) in [5.41, 5.74) is 2.37. The fraction of sp³-hybridized carbons (Fsp3) is 0.714. The predicted molar refractivity (Wildman–Crippen MR) is 104 cm³/mol. The van der Waals surface area contributed by atoms with E-state index in [-0.39, 0.29) is 24.2 Å². The van der Waals surface area contributed by atoms with Crippen LogP contribution in [0.3, 0.4) is 0 Å². The van der Waals surface area contributed by atoms with Gasteiger partial charge in [-0.05, 0) is 44.7 Å². The molecular weight excluding hydrogens is 342 g/mol. The average molecular weight is 373 g/mol. The van der Waals surface area contributed by atoms with Gasteiger partial charge in [0.25, 0.3) is 0 Å². The van der Waals surface area contributed by atoms with Crippen molar-refractivity contribution in [1.82, 2.24) is 10.3 Å². The highest BCUT2D eigenvalue weighted by atomic mass is 16.5. The second-order valence-electron chi connectivity index (χ2n) is 8.14. The Morgan fingerprint density at radius 1 is 1.44 bits per heavy atom. The fourth-order valence-corrected chi connectivity index (χ4v) is 5.21. The summed E-state index contributed by atoms with van der Waals surface area (Å²) in [6.45, 7) is 9.44. The number of rotatable bonds is 7. The molecule has 3 aliphatic rings. The number of hydrogen-bond donors (Lipinski definition) is 1. The minimum absolute atomic E-state index is 0.0312. The predicted octanol–water partition coefficient (Wildman–Crippen LogP) is 2.09. The second kappa shape index (κ2) is 7.40. The van der Waals surface area contributed by atoms with Crippen LogP contribution in [0.15, 0.2) is 12.1 Å². The Bertz CT molecular complexity index is 710. The van der Waals surface area contributed by atoms with Crippen LogP contribution >= 0.6 is 0 Å². The van der Waals surface area contributed by atoms with Crippen LogP contribution in [0.2, 0.25) is 0 Å². The van der Waals surface area contributed by atoms with E-state index < -0.39 is 0 Å². The fourth-order valence-electron chi connectivity index (χ4n) is 5.21. The molecule has 1 aromatic rings. The van der Waals surface area contributed by atoms with Gasteiger partial charge in [-0.1, -0.05) is 13.0 Å². The molecule has 0 unspecified atom stereocenters. The number of carbonyl (C=O) groups excluding carboxylic acids is 1. The third kappa shape index (κ3) is 3.34. The minimum atomic E-state index is -0.0566. The summed E-state index contributed by atoms with van der Waals surface area (Å²) < 4.78 is 11.7. The van der Waals surface area contributed by atoms with Gasteiger partial charge in [0.2, 0.25) is 5.91 Å². The highest BCUT2D eigenvalue weighted by Gasteiger charge is 2.63. The molecule has 0 aromatic carbocycles. The molecule has 0 radical (unpaired) electrons. The zero-order chi connectivity index (χ0) is 19.0. The first-order valence-corrected chi connectivity index (χ1v) is 10.3. The van der Waals surface area contributed by atoms with Crippen molar-refractivity contribution in [3.63, 3.8) is 0 Å². The molecule has 4 heterocycles. The van der Waals surface area contributed by atoms with Gasteiger partial charge in [0.05, 0.1) is 11.7 Å². The molecule has 6 heteroatoms. The van der Waals surface area contributed by atoms with E-state index in [1.54, 1.807) is 0 Å². The van der Waals surface area contributed by atoms with Crippen molar-refractivity contribution in [2.24, 2.45) is 11.8 Å². The quantitative estimate of drug-likeness (QED) is 0.793. The van der Waals surface area contributed by atoms with E-state index >= 15 is 0 Å². The Hall–Kier alpha value is -1.66. The molecule has 0 aliphatic carbocycles. The number of ether oxygens (including phenoxy) is 2. The van der Waals surface area contributed by atoms with Crippen LogP contribution in [-0.4, -0.2) is 55.4 Å². The number of amides is 1. The first-order valence-electron chi connectivity index (χ1n) is 10.3. The van der Waals surface area contributed by atoms with Crippen LogP contribution in [0.4, 0.5) is 5.82 Å². The molecule has 4 rings (SSSR count). The maximum absolute atomic E-state index is 11.9. The van der Waals surface area contributed by atoms with E-state index in [4.69, 9.17) is 14.5 Å². The molecule has 1 amide bonds. The maximum Gasteiger partial charge on any atom is 0.246 e. The van der Waals surface area contributed by atoms with Crippen molar-refractivity contribution in [3.05, 3.63) is 23.4 Å². The SMILES string of the molecule is CCOCC(=O)NC[C@H]1[C@H]2CN(c3ccc(C)c(CC)n3)C[C@]23CC[C@H]1O3. The number of pyridine rings is 1. The lowest BCUT2D eigenvalue weighted by molar-refractivity contribution is -0.125. The summed E-state index contributed by atoms with van der Waals surface area (Å²) in [5.74, 6) is 1.87. The minimum Gasteiger partial charge on any atom is -0.372 e. The first-order chi connectivity index (χ1) is 13.1. The van der Waals surface area contributed by atoms with Gasteiger partial charge < -0.3 is 19.7 Å². The first kappa shape index (κ1) is 18.7. The number of carbonyl (C=O) groups is 1. The highest BCUT2D eigenvalue weighted by molar-refractivity contribution is 5.77. The summed E-state index contributed by atoms with van der Waals surface area (Å²) in [4.78, 5) is 19.2. The topological polar surface area (TPSA) is 63.7 Å². The van der Waals surface area contributed by atoms with Gasteiger partial charge in [-0.3, -0.25) is 4.79 Å². The van der Waals surface area contributed by atoms with Crippen LogP contribution in [0.5, 0.6) is 0 Å². The van der Waals surface area contributed by atoms with E-state index in [1.807, 2.05) is 6.92 Å². The summed E-state index contributed by atoms with van der Waals surface area (Å²) in [6.07, 6.45) is 3.45. The molecule has 6 nitrogen and oxygen atoms in total. The van der Waals surface area contributed by atoms with Gasteiger partial charge in [-0.15, -0.1) is 0 Å². The number of aryl methyl sites for hydroxylation is 2. The lowest BCUT2D eigenvalue weighted by Gasteiger charge is -2.29. The van der Waals surface area contributed by atoms with Crippen LogP contribution in [-0.2, 0) is 20.7 Å². The summed E-state index contributed by atoms with van der Waals surface area (Å²) in [5, 5.41) is 3.06. The Labute approximate surface area is 161 Å². The zero-order valence-corrected chi connectivity index (χ0v) is 16.7. The molecule has 1 spiro atoms. The van der Waals surface area contributed by atoms with E-state index in [0.717, 1.165) is 38.2 Å². The standard InChI is InChI=1S/C21H31N3O3/c1-4-17-14(3)6-7-19(23-17)24-11-16-15(10-22-20(25)12-26-5-2)18-8-9-21(16,13-24)27-18/h6-7,15-16,18H,4-5,8-13H2,1-3H3,(H,22,25)/t15-,16+,18+,21+/m0/s1. The van der Waals surface area contributed by atoms with E-state index in [0.29, 0.717) is 25.0 Å². The number of aromatic nitrogens is 1. The van der Waals surface area contributed by atoms with Crippen molar-refractivity contribution < 1.29 is 14.3 Å². The molecular formula is C21H31N3O3. The number of hydrogen-bond acceptors (Lipinski definition) is 5. The van der Waals surface area contributed by atoms with Gasteiger partial charge >= 0.3 is 0 Å². The molecule has 3 fully saturated rings. The Morgan fingerprint density at radius 2 is 2.30 bits per heavy atom. The molecule has 4 atom stereocenters. The summed E-state index contributed by atoms with van der Waals surface area (Å²) in [7, 11) is 0. The zero-order valence-electron chi connectivity index (χ0n) is 16.7. The smallest absolute Gasteiger partial charge is 0.246 e. The van der Waals surface area contributed by atoms with Crippen molar-refractivity contribution in [2.75, 3.05) is 37.7 Å². The molecule has 1 aromatic heterocycles. The van der Waals surface area contributed by atoms with Crippen LogP contribution in [0.1, 0.15) is 37.9 Å². The lowest BCUT2D eigenvalue weighted by Crippen LogP contribution is -2.42. The van der Waals surface area contributed by atoms with Crippen LogP contribution in [0, 0.1) is 18.8 Å². The van der Waals surface area contributed by atoms with E-state index in [1.165, 1.54) is 11.3 Å². The van der Waals surface area contributed by atoms with Gasteiger partial charge in [0.15, 0.2) is 0 Å². The van der Waals surface area contributed by atoms with Crippen molar-refractivity contribution in [3.8, 4) is 0 Å². The van der Waals surface area contributed by atoms with Crippen molar-refractivity contribution in [2.45, 2.75) is 51.7 Å². The molecule has 3 saturated heterocycles. The molecule has 0 saturated carbocycles. The van der Waals surface area contributed by atoms with E-state index in [2.05, 4.69) is 36.2 Å². The van der Waals surface area contributed by atoms with Crippen molar-refractivity contribution >= 4 is 11.7 Å². The highest BCUT2D eigenvalue weighted by Crippen LogP contribution is 2.55. The third-order valence-electron chi connectivity index (χ3n) is 6.60. The lowest BCUT2D eigenvalue weighted by atomic mass is 9.73. The maximum atomic E-state index is 11.9. The summed E-state index contributed by atoms with van der Waals surface area (Å²) in [6, 6.07) is 4.31. The summed E-state index contributed by atoms with van der Waals surface area (Å²) >= 11 is 0. The largest absolute Gasteiger partial charge is 0.372 e. The average Bonchev–Trinajstić information content (AvgIpc) is 3.33. The van der Waals surface area contributed by atoms with Crippen LogP contribution in [0.25, 0.3) is 0 Å². The Balaban J connectivity index is 1.45. The van der Waals surface area contributed by atoms with Gasteiger partial charge in [-0.25, -0.2) is 4.98 Å². The molecule has 3 aliphatic heterocycles.